The molecule has 3 rings (SSSR count). The zero-order valence-electron chi connectivity index (χ0n) is 19.3. The largest absolute Gasteiger partial charge is 0.334 e. The van der Waals surface area contributed by atoms with Crippen LogP contribution in [0, 0.1) is 6.92 Å². The van der Waals surface area contributed by atoms with Crippen molar-refractivity contribution in [3.8, 4) is 0 Å². The Bertz CT molecular complexity index is 989. The van der Waals surface area contributed by atoms with Crippen molar-refractivity contribution in [1.29, 1.82) is 0 Å². The van der Waals surface area contributed by atoms with Crippen molar-refractivity contribution in [1.82, 2.24) is 10.3 Å². The minimum atomic E-state index is -1.09. The fourth-order valence-corrected chi connectivity index (χ4v) is 4.80. The first-order valence-corrected chi connectivity index (χ1v) is 12.5. The molecule has 3 aromatic rings. The molecule has 2 aromatic carbocycles. The van der Waals surface area contributed by atoms with Gasteiger partial charge >= 0.3 is 6.03 Å². The van der Waals surface area contributed by atoms with E-state index in [0.29, 0.717) is 6.54 Å². The van der Waals surface area contributed by atoms with Crippen LogP contribution < -0.4 is 10.6 Å². The highest BCUT2D eigenvalue weighted by molar-refractivity contribution is 8.32. The highest BCUT2D eigenvalue weighted by Crippen LogP contribution is 2.56. The normalized spacial score (nSPS) is 10.4. The number of pyridine rings is 1. The molecule has 0 saturated carbocycles. The predicted octanol–water partition coefficient (Wildman–Crippen LogP) is 6.94. The molecule has 6 heteroatoms. The topological polar surface area (TPSA) is 71.1 Å². The maximum atomic E-state index is 12.1. The standard InChI is InChI=1S/C22H25N3OS.C3H6.CH2O.3H2/c1-17-6-4-8-21(14-17)27(2,3)20-11-9-19(10-12-20)25-22(26)24-16-18-7-5-13-23-15-18;1-3-2;1-2;;;/h4-15H,16H2,1-3H3,(H2,24,25,26);3H,1H2,2H3;1H2;3*1H. The van der Waals surface area contributed by atoms with E-state index in [2.05, 4.69) is 78.0 Å². The molecule has 0 bridgehead atoms. The molecule has 0 atom stereocenters. The van der Waals surface area contributed by atoms with E-state index in [1.54, 1.807) is 18.5 Å². The second kappa shape index (κ2) is 13.8. The fourth-order valence-electron chi connectivity index (χ4n) is 2.81. The smallest absolute Gasteiger partial charge is 0.319 e. The van der Waals surface area contributed by atoms with Crippen LogP contribution in [-0.2, 0) is 11.3 Å². The third kappa shape index (κ3) is 8.40. The maximum absolute atomic E-state index is 12.1. The van der Waals surface area contributed by atoms with Crippen LogP contribution in [0.4, 0.5) is 10.5 Å². The highest BCUT2D eigenvalue weighted by atomic mass is 32.3. The second-order valence-electron chi connectivity index (χ2n) is 7.24. The average molecular weight is 458 g/mol. The summed E-state index contributed by atoms with van der Waals surface area (Å²) in [5, 5.41) is 5.72. The molecular weight excluding hydrogens is 418 g/mol. The van der Waals surface area contributed by atoms with E-state index in [-0.39, 0.29) is 10.3 Å². The molecule has 32 heavy (non-hydrogen) atoms. The zero-order chi connectivity index (χ0) is 24.0. The Morgan fingerprint density at radius 2 is 1.72 bits per heavy atom. The number of hydrogen-bond donors (Lipinski definition) is 2. The van der Waals surface area contributed by atoms with Crippen LogP contribution in [0.3, 0.4) is 0 Å². The van der Waals surface area contributed by atoms with E-state index in [9.17, 15) is 4.79 Å². The number of benzene rings is 2. The molecule has 1 heterocycles. The van der Waals surface area contributed by atoms with Gasteiger partial charge in [-0.05, 0) is 84.2 Å². The molecule has 176 valence electrons. The van der Waals surface area contributed by atoms with Crippen molar-refractivity contribution in [2.45, 2.75) is 30.2 Å². The molecule has 5 nitrogen and oxygen atoms in total. The van der Waals surface area contributed by atoms with Gasteiger partial charge in [-0.1, -0.05) is 29.8 Å². The number of aryl methyl sites for hydroxylation is 1. The Labute approximate surface area is 197 Å². The van der Waals surface area contributed by atoms with Crippen molar-refractivity contribution in [3.63, 3.8) is 0 Å². The number of carbonyl (C=O) groups excluding carboxylic acids is 2. The monoisotopic (exact) mass is 457 g/mol. The first-order valence-electron chi connectivity index (χ1n) is 10.1. The third-order valence-electron chi connectivity index (χ3n) is 4.46. The minimum Gasteiger partial charge on any atom is -0.334 e. The summed E-state index contributed by atoms with van der Waals surface area (Å²) in [4.78, 5) is 26.8. The Balaban J connectivity index is -0.00000119. The van der Waals surface area contributed by atoms with Gasteiger partial charge < -0.3 is 15.4 Å². The summed E-state index contributed by atoms with van der Waals surface area (Å²) in [5.74, 6) is 0. The summed E-state index contributed by atoms with van der Waals surface area (Å²) >= 11 is 0. The molecule has 2 N–H and O–H groups in total. The number of urea groups is 1. The number of allylic oxidation sites excluding steroid dienone is 1. The summed E-state index contributed by atoms with van der Waals surface area (Å²) in [7, 11) is -1.09. The molecular formula is C26H39N3O2S. The van der Waals surface area contributed by atoms with Crippen LogP contribution >= 0.6 is 10.0 Å². The fraction of sp³-hybridized carbons (Fsp3) is 0.192. The van der Waals surface area contributed by atoms with Gasteiger partial charge in [0.05, 0.1) is 0 Å². The van der Waals surface area contributed by atoms with Gasteiger partial charge in [0, 0.05) is 28.9 Å². The van der Waals surface area contributed by atoms with Gasteiger partial charge in [-0.25, -0.2) is 4.79 Å². The Morgan fingerprint density at radius 3 is 2.28 bits per heavy atom. The summed E-state index contributed by atoms with van der Waals surface area (Å²) in [6.45, 7) is 9.82. The SMILES string of the molecule is C=CC.C=O.Cc1cccc(S(C)(C)c2ccc(NC(=O)NCc3cccnc3)cc2)c1.[HH].[HH].[HH]. The quantitative estimate of drug-likeness (QED) is 0.408. The van der Waals surface area contributed by atoms with E-state index in [0.717, 1.165) is 11.3 Å². The van der Waals surface area contributed by atoms with Gasteiger partial charge in [-0.15, -0.1) is 6.58 Å². The summed E-state index contributed by atoms with van der Waals surface area (Å²) in [6, 6.07) is 20.4. The number of rotatable bonds is 5. The van der Waals surface area contributed by atoms with Gasteiger partial charge in [0.2, 0.25) is 0 Å². The van der Waals surface area contributed by atoms with Crippen LogP contribution in [0.5, 0.6) is 0 Å². The van der Waals surface area contributed by atoms with E-state index in [4.69, 9.17) is 4.79 Å². The lowest BCUT2D eigenvalue weighted by Gasteiger charge is -2.32. The van der Waals surface area contributed by atoms with Gasteiger partial charge in [0.15, 0.2) is 0 Å². The third-order valence-corrected chi connectivity index (χ3v) is 7.34. The number of aromatic nitrogens is 1. The van der Waals surface area contributed by atoms with Crippen LogP contribution in [0.15, 0.2) is 95.5 Å². The van der Waals surface area contributed by atoms with E-state index < -0.39 is 10.0 Å². The molecule has 0 fully saturated rings. The average Bonchev–Trinajstić information content (AvgIpc) is 2.81. The number of carbonyl (C=O) groups is 2. The van der Waals surface area contributed by atoms with Crippen molar-refractivity contribution in [2.75, 3.05) is 17.8 Å². The summed E-state index contributed by atoms with van der Waals surface area (Å²) < 4.78 is 0. The second-order valence-corrected chi connectivity index (χ2v) is 10.8. The minimum absolute atomic E-state index is 0. The lowest BCUT2D eigenvalue weighted by Crippen LogP contribution is -2.28. The molecule has 0 saturated heterocycles. The number of hydrogen-bond acceptors (Lipinski definition) is 3. The maximum Gasteiger partial charge on any atom is 0.319 e. The van der Waals surface area contributed by atoms with Gasteiger partial charge in [0.25, 0.3) is 0 Å². The molecule has 0 radical (unpaired) electrons. The van der Waals surface area contributed by atoms with E-state index >= 15 is 0 Å². The predicted molar refractivity (Wildman–Crippen MR) is 143 cm³/mol. The molecule has 0 aliphatic heterocycles. The first kappa shape index (κ1) is 26.7. The van der Waals surface area contributed by atoms with Gasteiger partial charge in [-0.3, -0.25) is 4.98 Å². The molecule has 0 aliphatic rings. The Kier molecular flexibility index (Phi) is 11.5. The van der Waals surface area contributed by atoms with Crippen LogP contribution in [-0.4, -0.2) is 30.3 Å². The summed E-state index contributed by atoms with van der Waals surface area (Å²) in [6.07, 6.45) is 9.80. The van der Waals surface area contributed by atoms with Crippen molar-refractivity contribution in [3.05, 3.63) is 96.8 Å². The Morgan fingerprint density at radius 1 is 1.06 bits per heavy atom. The lowest BCUT2D eigenvalue weighted by molar-refractivity contribution is -0.0980. The molecule has 0 unspecified atom stereocenters. The number of anilines is 1. The first-order chi connectivity index (χ1) is 15.4. The molecule has 0 spiro atoms. The molecule has 2 amide bonds. The summed E-state index contributed by atoms with van der Waals surface area (Å²) in [5.41, 5.74) is 3.02. The van der Waals surface area contributed by atoms with Crippen molar-refractivity contribution >= 4 is 28.5 Å². The molecule has 1 aromatic heterocycles. The van der Waals surface area contributed by atoms with Crippen LogP contribution in [0.1, 0.15) is 22.3 Å². The van der Waals surface area contributed by atoms with Crippen molar-refractivity contribution in [2.24, 2.45) is 0 Å². The molecule has 0 aliphatic carbocycles. The zero-order valence-corrected chi connectivity index (χ0v) is 20.1. The lowest BCUT2D eigenvalue weighted by atomic mass is 10.2. The van der Waals surface area contributed by atoms with Crippen LogP contribution in [0.25, 0.3) is 0 Å². The van der Waals surface area contributed by atoms with E-state index in [1.165, 1.54) is 15.4 Å². The van der Waals surface area contributed by atoms with Crippen LogP contribution in [0.2, 0.25) is 0 Å². The van der Waals surface area contributed by atoms with Gasteiger partial charge in [0.1, 0.15) is 6.79 Å². The van der Waals surface area contributed by atoms with Gasteiger partial charge in [-0.2, -0.15) is 10.0 Å². The van der Waals surface area contributed by atoms with E-state index in [1.807, 2.05) is 38.0 Å². The number of amides is 2. The Hall–Kier alpha value is -3.38. The number of nitrogens with one attached hydrogen (secondary N) is 2. The van der Waals surface area contributed by atoms with Crippen molar-refractivity contribution < 1.29 is 13.9 Å². The number of nitrogens with zero attached hydrogens (tertiary/aromatic N) is 1. The highest BCUT2D eigenvalue weighted by Gasteiger charge is 2.17.